The summed E-state index contributed by atoms with van der Waals surface area (Å²) in [5.41, 5.74) is 8.04. The van der Waals surface area contributed by atoms with E-state index in [-0.39, 0.29) is 12.0 Å². The fourth-order valence-electron chi connectivity index (χ4n) is 2.65. The average molecular weight is 290 g/mol. The summed E-state index contributed by atoms with van der Waals surface area (Å²) >= 11 is 0. The predicted molar refractivity (Wildman–Crippen MR) is 84.1 cm³/mol. The van der Waals surface area contributed by atoms with Crippen LogP contribution in [0.2, 0.25) is 0 Å². The summed E-state index contributed by atoms with van der Waals surface area (Å²) in [6.45, 7) is 4.75. The third kappa shape index (κ3) is 5.14. The Bertz CT molecular complexity index is 439. The summed E-state index contributed by atoms with van der Waals surface area (Å²) in [5, 5.41) is 0. The Hall–Kier alpha value is -1.39. The molecule has 1 aromatic carbocycles. The molecule has 1 aliphatic heterocycles. The number of hydrogen-bond donors (Lipinski definition) is 1. The van der Waals surface area contributed by atoms with Crippen LogP contribution in [0.4, 0.5) is 0 Å². The zero-order valence-corrected chi connectivity index (χ0v) is 12.9. The number of nitrogens with zero attached hydrogens (tertiary/aromatic N) is 1. The van der Waals surface area contributed by atoms with Gasteiger partial charge in [0, 0.05) is 32.7 Å². The number of ether oxygens (including phenoxy) is 1. The number of hydrogen-bond acceptors (Lipinski definition) is 3. The molecule has 21 heavy (non-hydrogen) atoms. The Kier molecular flexibility index (Phi) is 6.21. The zero-order chi connectivity index (χ0) is 15.1. The average Bonchev–Trinajstić information content (AvgIpc) is 2.98. The topological polar surface area (TPSA) is 55.6 Å². The van der Waals surface area contributed by atoms with Crippen LogP contribution < -0.4 is 5.73 Å². The number of aryl methyl sites for hydroxylation is 1. The van der Waals surface area contributed by atoms with Gasteiger partial charge >= 0.3 is 0 Å². The summed E-state index contributed by atoms with van der Waals surface area (Å²) < 4.78 is 5.65. The molecule has 0 saturated carbocycles. The molecule has 4 nitrogen and oxygen atoms in total. The lowest BCUT2D eigenvalue weighted by Gasteiger charge is -2.25. The smallest absolute Gasteiger partial charge is 0.223 e. The Labute approximate surface area is 127 Å². The van der Waals surface area contributed by atoms with Gasteiger partial charge in [0.05, 0.1) is 6.10 Å². The molecular weight excluding hydrogens is 264 g/mol. The lowest BCUT2D eigenvalue weighted by molar-refractivity contribution is -0.132. The van der Waals surface area contributed by atoms with Crippen LogP contribution >= 0.6 is 0 Å². The fourth-order valence-corrected chi connectivity index (χ4v) is 2.65. The summed E-state index contributed by atoms with van der Waals surface area (Å²) in [7, 11) is 0. The molecule has 1 saturated heterocycles. The monoisotopic (exact) mass is 290 g/mol. The van der Waals surface area contributed by atoms with Gasteiger partial charge < -0.3 is 15.4 Å². The first-order valence-electron chi connectivity index (χ1n) is 7.84. The van der Waals surface area contributed by atoms with E-state index in [9.17, 15) is 4.79 Å². The normalized spacial score (nSPS) is 17.9. The third-order valence-electron chi connectivity index (χ3n) is 3.95. The molecule has 0 bridgehead atoms. The number of carbonyl (C=O) groups excluding carboxylic acids is 1. The number of carbonyl (C=O) groups is 1. The number of benzene rings is 1. The van der Waals surface area contributed by atoms with Crippen molar-refractivity contribution in [3.63, 3.8) is 0 Å². The van der Waals surface area contributed by atoms with Crippen LogP contribution in [0.15, 0.2) is 24.3 Å². The molecule has 1 amide bonds. The van der Waals surface area contributed by atoms with Gasteiger partial charge in [-0.05, 0) is 31.7 Å². The summed E-state index contributed by atoms with van der Waals surface area (Å²) in [6, 6.07) is 8.49. The quantitative estimate of drug-likeness (QED) is 0.834. The molecule has 1 aliphatic rings. The van der Waals surface area contributed by atoms with Crippen molar-refractivity contribution in [1.29, 1.82) is 0 Å². The molecule has 1 atom stereocenters. The van der Waals surface area contributed by atoms with E-state index in [4.69, 9.17) is 10.5 Å². The highest BCUT2D eigenvalue weighted by Gasteiger charge is 2.21. The van der Waals surface area contributed by atoms with Gasteiger partial charge in [-0.1, -0.05) is 29.8 Å². The SMILES string of the molecule is Cc1ccc(CCN(CC2CCCO2)C(=O)CCN)cc1. The first-order valence-corrected chi connectivity index (χ1v) is 7.84. The second kappa shape index (κ2) is 8.15. The molecule has 1 unspecified atom stereocenters. The van der Waals surface area contributed by atoms with Gasteiger partial charge in [-0.15, -0.1) is 0 Å². The van der Waals surface area contributed by atoms with Crippen LogP contribution in [0, 0.1) is 6.92 Å². The first kappa shape index (κ1) is 16.0. The highest BCUT2D eigenvalue weighted by atomic mass is 16.5. The third-order valence-corrected chi connectivity index (χ3v) is 3.95. The molecule has 2 rings (SSSR count). The lowest BCUT2D eigenvalue weighted by Crippen LogP contribution is -2.39. The van der Waals surface area contributed by atoms with Crippen molar-refractivity contribution >= 4 is 5.91 Å². The minimum Gasteiger partial charge on any atom is -0.376 e. The van der Waals surface area contributed by atoms with Gasteiger partial charge in [-0.25, -0.2) is 0 Å². The molecule has 116 valence electrons. The van der Waals surface area contributed by atoms with Crippen LogP contribution in [0.25, 0.3) is 0 Å². The highest BCUT2D eigenvalue weighted by molar-refractivity contribution is 5.76. The number of amides is 1. The van der Waals surface area contributed by atoms with Crippen molar-refractivity contribution in [2.45, 2.75) is 38.7 Å². The Balaban J connectivity index is 1.90. The molecule has 0 spiro atoms. The van der Waals surface area contributed by atoms with Crippen LogP contribution in [-0.4, -0.2) is 43.2 Å². The molecule has 4 heteroatoms. The second-order valence-electron chi connectivity index (χ2n) is 5.75. The van der Waals surface area contributed by atoms with E-state index in [1.807, 2.05) is 4.90 Å². The Morgan fingerprint density at radius 3 is 2.76 bits per heavy atom. The first-order chi connectivity index (χ1) is 10.2. The van der Waals surface area contributed by atoms with E-state index in [1.54, 1.807) is 0 Å². The van der Waals surface area contributed by atoms with Gasteiger partial charge in [0.1, 0.15) is 0 Å². The van der Waals surface area contributed by atoms with Gasteiger partial charge in [0.25, 0.3) is 0 Å². The Morgan fingerprint density at radius 2 is 2.14 bits per heavy atom. The van der Waals surface area contributed by atoms with Crippen LogP contribution in [0.1, 0.15) is 30.4 Å². The number of nitrogens with two attached hydrogens (primary N) is 1. The maximum absolute atomic E-state index is 12.2. The van der Waals surface area contributed by atoms with Gasteiger partial charge in [0.15, 0.2) is 0 Å². The Morgan fingerprint density at radius 1 is 1.38 bits per heavy atom. The van der Waals surface area contributed by atoms with Gasteiger partial charge in [0.2, 0.25) is 5.91 Å². The maximum atomic E-state index is 12.2. The van der Waals surface area contributed by atoms with E-state index in [0.717, 1.165) is 32.4 Å². The van der Waals surface area contributed by atoms with Crippen molar-refractivity contribution in [2.24, 2.45) is 5.73 Å². The van der Waals surface area contributed by atoms with Crippen molar-refractivity contribution in [3.05, 3.63) is 35.4 Å². The molecule has 1 fully saturated rings. The van der Waals surface area contributed by atoms with E-state index >= 15 is 0 Å². The van der Waals surface area contributed by atoms with Crippen molar-refractivity contribution in [3.8, 4) is 0 Å². The van der Waals surface area contributed by atoms with Crippen LogP contribution in [-0.2, 0) is 16.0 Å². The standard InChI is InChI=1S/C17H26N2O2/c1-14-4-6-15(7-5-14)9-11-19(17(20)8-10-18)13-16-3-2-12-21-16/h4-7,16H,2-3,8-13,18H2,1H3. The van der Waals surface area contributed by atoms with Crippen molar-refractivity contribution < 1.29 is 9.53 Å². The minimum atomic E-state index is 0.139. The van der Waals surface area contributed by atoms with Crippen LogP contribution in [0.3, 0.4) is 0 Å². The molecule has 0 aliphatic carbocycles. The second-order valence-corrected chi connectivity index (χ2v) is 5.75. The number of rotatable bonds is 7. The predicted octanol–water partition coefficient (Wildman–Crippen LogP) is 1.89. The lowest BCUT2D eigenvalue weighted by atomic mass is 10.1. The van der Waals surface area contributed by atoms with E-state index in [1.165, 1.54) is 11.1 Å². The van der Waals surface area contributed by atoms with E-state index < -0.39 is 0 Å². The molecule has 1 heterocycles. The van der Waals surface area contributed by atoms with Crippen LogP contribution in [0.5, 0.6) is 0 Å². The van der Waals surface area contributed by atoms with Crippen molar-refractivity contribution in [1.82, 2.24) is 4.90 Å². The van der Waals surface area contributed by atoms with E-state index in [0.29, 0.717) is 19.5 Å². The fraction of sp³-hybridized carbons (Fsp3) is 0.588. The highest BCUT2D eigenvalue weighted by Crippen LogP contribution is 2.14. The molecule has 2 N–H and O–H groups in total. The largest absolute Gasteiger partial charge is 0.376 e. The maximum Gasteiger partial charge on any atom is 0.223 e. The van der Waals surface area contributed by atoms with E-state index in [2.05, 4.69) is 31.2 Å². The van der Waals surface area contributed by atoms with Crippen molar-refractivity contribution in [2.75, 3.05) is 26.2 Å². The molecular formula is C17H26N2O2. The molecule has 0 aromatic heterocycles. The zero-order valence-electron chi connectivity index (χ0n) is 12.9. The molecule has 1 aromatic rings. The molecule has 0 radical (unpaired) electrons. The minimum absolute atomic E-state index is 0.139. The summed E-state index contributed by atoms with van der Waals surface area (Å²) in [6.07, 6.45) is 3.65. The van der Waals surface area contributed by atoms with Gasteiger partial charge in [-0.2, -0.15) is 0 Å². The summed E-state index contributed by atoms with van der Waals surface area (Å²) in [4.78, 5) is 14.1. The van der Waals surface area contributed by atoms with Gasteiger partial charge in [-0.3, -0.25) is 4.79 Å². The summed E-state index contributed by atoms with van der Waals surface area (Å²) in [5.74, 6) is 0.139.